The smallest absolute Gasteiger partial charge is 0.208 e. The quantitative estimate of drug-likeness (QED) is 0.403. The first-order valence-corrected chi connectivity index (χ1v) is 12.4. The van der Waals surface area contributed by atoms with Crippen molar-refractivity contribution in [3.8, 4) is 11.4 Å². The first-order chi connectivity index (χ1) is 12.9. The summed E-state index contributed by atoms with van der Waals surface area (Å²) in [6, 6.07) is 7.63. The van der Waals surface area contributed by atoms with E-state index in [1.807, 2.05) is 24.3 Å². The third-order valence-electron chi connectivity index (χ3n) is 3.97. The number of nitrogens with one attached hydrogen (secondary N) is 1. The second-order valence-corrected chi connectivity index (χ2v) is 9.73. The number of hydrogen-bond acceptors (Lipinski definition) is 5. The summed E-state index contributed by atoms with van der Waals surface area (Å²) >= 11 is 7.61. The fourth-order valence-electron chi connectivity index (χ4n) is 2.60. The van der Waals surface area contributed by atoms with Crippen LogP contribution in [0.15, 0.2) is 29.4 Å². The fraction of sp³-hybridized carbons (Fsp3) is 0.556. The molecule has 0 atom stereocenters. The van der Waals surface area contributed by atoms with Crippen molar-refractivity contribution >= 4 is 33.4 Å². The zero-order valence-corrected chi connectivity index (χ0v) is 18.2. The van der Waals surface area contributed by atoms with Gasteiger partial charge in [0.1, 0.15) is 0 Å². The van der Waals surface area contributed by atoms with Gasteiger partial charge in [-0.2, -0.15) is 0 Å². The third-order valence-corrected chi connectivity index (χ3v) is 6.00. The van der Waals surface area contributed by atoms with Crippen molar-refractivity contribution in [2.24, 2.45) is 0 Å². The molecule has 0 radical (unpaired) electrons. The van der Waals surface area contributed by atoms with Crippen LogP contribution in [-0.2, 0) is 16.6 Å². The molecule has 0 fully saturated rings. The Kier molecular flexibility index (Phi) is 9.08. The Bertz CT molecular complexity index is 807. The van der Waals surface area contributed by atoms with Crippen LogP contribution in [0, 0.1) is 0 Å². The summed E-state index contributed by atoms with van der Waals surface area (Å²) in [6.07, 6.45) is 6.58. The molecule has 27 heavy (non-hydrogen) atoms. The van der Waals surface area contributed by atoms with Crippen LogP contribution >= 0.6 is 23.4 Å². The minimum absolute atomic E-state index is 0.431. The first-order valence-electron chi connectivity index (χ1n) is 9.17. The zero-order chi connectivity index (χ0) is 19.7. The van der Waals surface area contributed by atoms with E-state index in [-0.39, 0.29) is 0 Å². The van der Waals surface area contributed by atoms with Crippen LogP contribution in [0.5, 0.6) is 0 Å². The molecule has 150 valence electrons. The summed E-state index contributed by atoms with van der Waals surface area (Å²) in [5.41, 5.74) is 0.994. The van der Waals surface area contributed by atoms with Gasteiger partial charge in [-0.05, 0) is 37.1 Å². The summed E-state index contributed by atoms with van der Waals surface area (Å²) < 4.78 is 26.9. The molecule has 0 spiro atoms. The average Bonchev–Trinajstić information content (AvgIpc) is 3.01. The van der Waals surface area contributed by atoms with Crippen molar-refractivity contribution in [2.45, 2.75) is 50.7 Å². The molecular formula is C18H27ClN4O2S2. The van der Waals surface area contributed by atoms with E-state index in [1.54, 1.807) is 11.8 Å². The van der Waals surface area contributed by atoms with Gasteiger partial charge in [0.05, 0.1) is 6.26 Å². The lowest BCUT2D eigenvalue weighted by Crippen LogP contribution is -2.23. The van der Waals surface area contributed by atoms with Crippen molar-refractivity contribution in [1.29, 1.82) is 0 Å². The Morgan fingerprint density at radius 3 is 2.52 bits per heavy atom. The molecule has 1 aromatic heterocycles. The molecule has 0 aliphatic heterocycles. The van der Waals surface area contributed by atoms with E-state index in [9.17, 15) is 8.42 Å². The minimum atomic E-state index is -3.13. The lowest BCUT2D eigenvalue weighted by Gasteiger charge is -2.10. The number of unbranched alkanes of at least 4 members (excludes halogenated alkanes) is 3. The van der Waals surface area contributed by atoms with Gasteiger partial charge in [-0.15, -0.1) is 10.2 Å². The van der Waals surface area contributed by atoms with Gasteiger partial charge in [0, 0.05) is 29.4 Å². The van der Waals surface area contributed by atoms with Crippen molar-refractivity contribution < 1.29 is 8.42 Å². The molecule has 6 nitrogen and oxygen atoms in total. The molecule has 9 heteroatoms. The summed E-state index contributed by atoms with van der Waals surface area (Å²) in [6.45, 7) is 3.50. The third kappa shape index (κ3) is 7.81. The molecule has 0 amide bonds. The largest absolute Gasteiger partial charge is 0.302 e. The molecule has 0 aliphatic carbocycles. The number of benzene rings is 1. The van der Waals surface area contributed by atoms with Crippen LogP contribution in [0.4, 0.5) is 0 Å². The van der Waals surface area contributed by atoms with Gasteiger partial charge < -0.3 is 4.57 Å². The number of sulfonamides is 1. The monoisotopic (exact) mass is 430 g/mol. The van der Waals surface area contributed by atoms with Gasteiger partial charge in [0.25, 0.3) is 0 Å². The van der Waals surface area contributed by atoms with Crippen LogP contribution in [0.2, 0.25) is 5.02 Å². The van der Waals surface area contributed by atoms with Gasteiger partial charge >= 0.3 is 0 Å². The van der Waals surface area contributed by atoms with Crippen LogP contribution < -0.4 is 4.72 Å². The molecule has 2 aromatic rings. The minimum Gasteiger partial charge on any atom is -0.302 e. The van der Waals surface area contributed by atoms with E-state index in [1.165, 1.54) is 25.5 Å². The van der Waals surface area contributed by atoms with Crippen molar-refractivity contribution in [2.75, 3.05) is 18.6 Å². The molecule has 0 saturated heterocycles. The van der Waals surface area contributed by atoms with Crippen molar-refractivity contribution in [3.05, 3.63) is 29.3 Å². The molecular weight excluding hydrogens is 404 g/mol. The Hall–Kier alpha value is -1.09. The molecule has 0 saturated carbocycles. The van der Waals surface area contributed by atoms with Gasteiger partial charge in [0.2, 0.25) is 10.0 Å². The summed E-state index contributed by atoms with van der Waals surface area (Å²) in [5, 5.41) is 10.3. The lowest BCUT2D eigenvalue weighted by atomic mass is 10.2. The van der Waals surface area contributed by atoms with E-state index in [4.69, 9.17) is 11.6 Å². The maximum absolute atomic E-state index is 11.1. The maximum Gasteiger partial charge on any atom is 0.208 e. The number of aromatic nitrogens is 3. The Balaban J connectivity index is 2.05. The van der Waals surface area contributed by atoms with Crippen LogP contribution in [0.3, 0.4) is 0 Å². The van der Waals surface area contributed by atoms with Gasteiger partial charge in [-0.1, -0.05) is 49.5 Å². The average molecular weight is 431 g/mol. The maximum atomic E-state index is 11.1. The molecule has 0 aliphatic rings. The van der Waals surface area contributed by atoms with Gasteiger partial charge in [0.15, 0.2) is 11.0 Å². The van der Waals surface area contributed by atoms with Crippen LogP contribution in [-0.4, -0.2) is 41.7 Å². The molecule has 1 aromatic carbocycles. The standard InChI is InChI=1S/C18H27ClN4O2S2/c1-3-4-5-6-13-23-17(15-8-10-16(19)11-9-15)21-22-18(23)26-14-7-12-20-27(2,24)25/h8-11,20H,3-7,12-14H2,1-2H3. The fourth-order valence-corrected chi connectivity index (χ4v) is 4.14. The van der Waals surface area contributed by atoms with E-state index in [0.717, 1.165) is 41.7 Å². The highest BCUT2D eigenvalue weighted by Crippen LogP contribution is 2.26. The predicted octanol–water partition coefficient (Wildman–Crippen LogP) is 4.21. The van der Waals surface area contributed by atoms with Gasteiger partial charge in [-0.3, -0.25) is 0 Å². The van der Waals surface area contributed by atoms with Crippen molar-refractivity contribution in [1.82, 2.24) is 19.5 Å². The van der Waals surface area contributed by atoms with Gasteiger partial charge in [-0.25, -0.2) is 13.1 Å². The number of rotatable bonds is 12. The molecule has 0 bridgehead atoms. The second-order valence-electron chi connectivity index (χ2n) is 6.39. The molecule has 1 N–H and O–H groups in total. The first kappa shape index (κ1) is 22.2. The van der Waals surface area contributed by atoms with Crippen LogP contribution in [0.1, 0.15) is 39.0 Å². The second kappa shape index (κ2) is 11.0. The van der Waals surface area contributed by atoms with E-state index < -0.39 is 10.0 Å². The van der Waals surface area contributed by atoms with E-state index in [2.05, 4.69) is 26.4 Å². The SMILES string of the molecule is CCCCCCn1c(SCCCNS(C)(=O)=O)nnc1-c1ccc(Cl)cc1. The molecule has 1 heterocycles. The number of nitrogens with zero attached hydrogens (tertiary/aromatic N) is 3. The lowest BCUT2D eigenvalue weighted by molar-refractivity contribution is 0.556. The van der Waals surface area contributed by atoms with Crippen molar-refractivity contribution in [3.63, 3.8) is 0 Å². The number of hydrogen-bond donors (Lipinski definition) is 1. The summed E-state index contributed by atoms with van der Waals surface area (Å²) in [5.74, 6) is 1.62. The Labute approximate surface area is 171 Å². The summed E-state index contributed by atoms with van der Waals surface area (Å²) in [7, 11) is -3.13. The highest BCUT2D eigenvalue weighted by molar-refractivity contribution is 7.99. The Morgan fingerprint density at radius 2 is 1.85 bits per heavy atom. The topological polar surface area (TPSA) is 76.9 Å². The highest BCUT2D eigenvalue weighted by Gasteiger charge is 2.14. The highest BCUT2D eigenvalue weighted by atomic mass is 35.5. The molecule has 0 unspecified atom stereocenters. The number of halogens is 1. The van der Waals surface area contributed by atoms with E-state index in [0.29, 0.717) is 11.6 Å². The van der Waals surface area contributed by atoms with Crippen LogP contribution in [0.25, 0.3) is 11.4 Å². The predicted molar refractivity (Wildman–Crippen MR) is 113 cm³/mol. The normalized spacial score (nSPS) is 11.8. The van der Waals surface area contributed by atoms with E-state index >= 15 is 0 Å². The Morgan fingerprint density at radius 1 is 1.11 bits per heavy atom. The summed E-state index contributed by atoms with van der Waals surface area (Å²) in [4.78, 5) is 0. The number of thioether (sulfide) groups is 1. The zero-order valence-electron chi connectivity index (χ0n) is 15.8. The molecule has 2 rings (SSSR count).